The maximum absolute atomic E-state index is 13.5. The van der Waals surface area contributed by atoms with E-state index in [1.54, 1.807) is 20.8 Å². The summed E-state index contributed by atoms with van der Waals surface area (Å²) < 4.78 is 45.6. The van der Waals surface area contributed by atoms with Crippen molar-refractivity contribution in [1.82, 2.24) is 10.2 Å². The molecule has 1 saturated heterocycles. The van der Waals surface area contributed by atoms with Crippen molar-refractivity contribution >= 4 is 14.2 Å². The summed E-state index contributed by atoms with van der Waals surface area (Å²) in [5.74, 6) is 3.19. The average molecular weight is 435 g/mol. The van der Waals surface area contributed by atoms with Gasteiger partial charge in [-0.25, -0.2) is 4.79 Å². The van der Waals surface area contributed by atoms with Crippen molar-refractivity contribution in [3.63, 3.8) is 0 Å². The molecule has 1 amide bonds. The highest BCUT2D eigenvalue weighted by Gasteiger charge is 2.52. The van der Waals surface area contributed by atoms with Crippen LogP contribution < -0.4 is 5.32 Å². The summed E-state index contributed by atoms with van der Waals surface area (Å²) in [6, 6.07) is -0.679. The fourth-order valence-corrected chi connectivity index (χ4v) is 9.70. The SMILES string of the molecule is CC(C)[Si](C#CC[C@H]1CN[C@@H](C(F)(F)F)N1C(=O)OC(C)(C)C)(C(C)C)C(C)C. The number of halogens is 3. The maximum atomic E-state index is 13.5. The van der Waals surface area contributed by atoms with Crippen LogP contribution in [-0.2, 0) is 4.74 Å². The van der Waals surface area contributed by atoms with Crippen LogP contribution in [0.2, 0.25) is 16.6 Å². The zero-order chi connectivity index (χ0) is 22.8. The molecule has 1 aliphatic rings. The molecule has 0 saturated carbocycles. The van der Waals surface area contributed by atoms with Gasteiger partial charge in [0.2, 0.25) is 0 Å². The van der Waals surface area contributed by atoms with Crippen LogP contribution in [0.1, 0.15) is 68.7 Å². The lowest BCUT2D eigenvalue weighted by atomic mass is 10.2. The molecule has 0 bridgehead atoms. The number of ether oxygens (including phenoxy) is 1. The van der Waals surface area contributed by atoms with E-state index in [9.17, 15) is 18.0 Å². The van der Waals surface area contributed by atoms with E-state index in [1.165, 1.54) is 0 Å². The summed E-state index contributed by atoms with van der Waals surface area (Å²) in [4.78, 5) is 13.3. The summed E-state index contributed by atoms with van der Waals surface area (Å²) in [7, 11) is -1.98. The minimum absolute atomic E-state index is 0.0394. The van der Waals surface area contributed by atoms with E-state index in [0.717, 1.165) is 4.90 Å². The van der Waals surface area contributed by atoms with E-state index >= 15 is 0 Å². The molecule has 8 heteroatoms. The first-order valence-corrected chi connectivity index (χ1v) is 12.6. The van der Waals surface area contributed by atoms with Gasteiger partial charge in [0.05, 0.1) is 6.04 Å². The molecule has 1 fully saturated rings. The van der Waals surface area contributed by atoms with Gasteiger partial charge in [0.1, 0.15) is 13.7 Å². The number of carbonyl (C=O) groups excluding carboxylic acids is 1. The monoisotopic (exact) mass is 434 g/mol. The number of hydrogen-bond donors (Lipinski definition) is 1. The topological polar surface area (TPSA) is 41.6 Å². The Bertz CT molecular complexity index is 609. The number of amides is 1. The Labute approximate surface area is 174 Å². The lowest BCUT2D eigenvalue weighted by Crippen LogP contribution is -2.53. The largest absolute Gasteiger partial charge is 0.444 e. The molecule has 0 aromatic heterocycles. The van der Waals surface area contributed by atoms with E-state index in [0.29, 0.717) is 16.6 Å². The third kappa shape index (κ3) is 6.14. The summed E-state index contributed by atoms with van der Waals surface area (Å²) in [6.45, 7) is 18.1. The number of nitrogens with zero attached hydrogens (tertiary/aromatic N) is 1. The molecule has 29 heavy (non-hydrogen) atoms. The van der Waals surface area contributed by atoms with Gasteiger partial charge in [0.15, 0.2) is 6.17 Å². The number of rotatable bonds is 4. The summed E-state index contributed by atoms with van der Waals surface area (Å²) in [6.07, 6.45) is -7.39. The van der Waals surface area contributed by atoms with Gasteiger partial charge in [-0.1, -0.05) is 41.5 Å². The molecule has 1 rings (SSSR count). The van der Waals surface area contributed by atoms with Crippen molar-refractivity contribution in [1.29, 1.82) is 0 Å². The number of hydrogen-bond acceptors (Lipinski definition) is 3. The molecule has 0 spiro atoms. The Morgan fingerprint density at radius 2 is 1.59 bits per heavy atom. The Morgan fingerprint density at radius 3 is 1.97 bits per heavy atom. The fourth-order valence-electron chi connectivity index (χ4n) is 4.42. The van der Waals surface area contributed by atoms with Crippen LogP contribution in [0.5, 0.6) is 0 Å². The number of carbonyl (C=O) groups is 1. The molecule has 0 aromatic carbocycles. The van der Waals surface area contributed by atoms with E-state index in [1.807, 2.05) is 0 Å². The lowest BCUT2D eigenvalue weighted by Gasteiger charge is -2.38. The van der Waals surface area contributed by atoms with Gasteiger partial charge in [-0.15, -0.1) is 11.5 Å². The Hall–Kier alpha value is -1.20. The first-order chi connectivity index (χ1) is 13.0. The molecule has 0 unspecified atom stereocenters. The van der Waals surface area contributed by atoms with Crippen LogP contribution in [0.4, 0.5) is 18.0 Å². The highest BCUT2D eigenvalue weighted by atomic mass is 28.3. The van der Waals surface area contributed by atoms with Gasteiger partial charge in [0, 0.05) is 13.0 Å². The lowest BCUT2D eigenvalue weighted by molar-refractivity contribution is -0.181. The molecule has 0 aliphatic carbocycles. The van der Waals surface area contributed by atoms with Gasteiger partial charge in [-0.2, -0.15) is 13.2 Å². The minimum Gasteiger partial charge on any atom is -0.444 e. The van der Waals surface area contributed by atoms with Crippen molar-refractivity contribution < 1.29 is 22.7 Å². The van der Waals surface area contributed by atoms with Gasteiger partial charge in [0.25, 0.3) is 0 Å². The molecular weight excluding hydrogens is 397 g/mol. The maximum Gasteiger partial charge on any atom is 0.422 e. The van der Waals surface area contributed by atoms with Gasteiger partial charge in [-0.3, -0.25) is 10.2 Å². The predicted molar refractivity (Wildman–Crippen MR) is 113 cm³/mol. The highest BCUT2D eigenvalue weighted by Crippen LogP contribution is 2.41. The average Bonchev–Trinajstić information content (AvgIpc) is 2.92. The first kappa shape index (κ1) is 25.8. The van der Waals surface area contributed by atoms with Crippen molar-refractivity contribution in [3.05, 3.63) is 0 Å². The standard InChI is InChI=1S/C21H37F3N2O2Si/c1-14(2)29(15(3)4,16(5)6)12-10-11-17-13-25-18(21(22,23)24)26(17)19(27)28-20(7,8)9/h14-18,25H,11,13H2,1-9H3/t17-,18+/m0/s1. The van der Waals surface area contributed by atoms with Gasteiger partial charge < -0.3 is 4.74 Å². The van der Waals surface area contributed by atoms with Gasteiger partial charge in [-0.05, 0) is 37.4 Å². The summed E-state index contributed by atoms with van der Waals surface area (Å²) in [5, 5.41) is 2.42. The zero-order valence-electron chi connectivity index (χ0n) is 19.2. The number of nitrogens with one attached hydrogen (secondary N) is 1. The quantitative estimate of drug-likeness (QED) is 0.456. The van der Waals surface area contributed by atoms with Crippen LogP contribution in [0.25, 0.3) is 0 Å². The van der Waals surface area contributed by atoms with Crippen molar-refractivity contribution in [3.8, 4) is 11.5 Å². The van der Waals surface area contributed by atoms with Gasteiger partial charge >= 0.3 is 12.3 Å². The molecule has 168 valence electrons. The second-order valence-corrected chi connectivity index (χ2v) is 15.4. The smallest absolute Gasteiger partial charge is 0.422 e. The molecule has 1 aliphatic heterocycles. The normalized spacial score (nSPS) is 21.0. The van der Waals surface area contributed by atoms with E-state index in [-0.39, 0.29) is 13.0 Å². The Morgan fingerprint density at radius 1 is 1.10 bits per heavy atom. The third-order valence-electron chi connectivity index (χ3n) is 5.64. The molecule has 1 heterocycles. The van der Waals surface area contributed by atoms with Crippen LogP contribution in [0.3, 0.4) is 0 Å². The van der Waals surface area contributed by atoms with E-state index in [2.05, 4.69) is 58.3 Å². The van der Waals surface area contributed by atoms with Crippen molar-refractivity contribution in [2.75, 3.05) is 6.54 Å². The third-order valence-corrected chi connectivity index (χ3v) is 12.0. The van der Waals surface area contributed by atoms with E-state index in [4.69, 9.17) is 4.74 Å². The van der Waals surface area contributed by atoms with Crippen LogP contribution in [-0.4, -0.2) is 49.6 Å². The summed E-state index contributed by atoms with van der Waals surface area (Å²) >= 11 is 0. The second-order valence-electron chi connectivity index (χ2n) is 9.80. The number of alkyl halides is 3. The summed E-state index contributed by atoms with van der Waals surface area (Å²) in [5.41, 5.74) is 3.94. The molecule has 0 radical (unpaired) electrons. The van der Waals surface area contributed by atoms with Crippen molar-refractivity contribution in [2.45, 2.75) is 109 Å². The molecule has 2 atom stereocenters. The van der Waals surface area contributed by atoms with Crippen LogP contribution in [0, 0.1) is 11.5 Å². The first-order valence-electron chi connectivity index (χ1n) is 10.4. The Kier molecular flexibility index (Phi) is 8.28. The van der Waals surface area contributed by atoms with Crippen LogP contribution in [0.15, 0.2) is 0 Å². The molecular formula is C21H37F3N2O2Si. The van der Waals surface area contributed by atoms with Crippen molar-refractivity contribution in [2.24, 2.45) is 0 Å². The highest BCUT2D eigenvalue weighted by molar-refractivity contribution is 6.90. The second kappa shape index (κ2) is 9.30. The van der Waals surface area contributed by atoms with Crippen LogP contribution >= 0.6 is 0 Å². The minimum atomic E-state index is -4.58. The molecule has 4 nitrogen and oxygen atoms in total. The van der Waals surface area contributed by atoms with E-state index < -0.39 is 38.2 Å². The fraction of sp³-hybridized carbons (Fsp3) is 0.857. The molecule has 1 N–H and O–H groups in total. The zero-order valence-corrected chi connectivity index (χ0v) is 20.2. The predicted octanol–water partition coefficient (Wildman–Crippen LogP) is 5.70. The Balaban J connectivity index is 3.17. The molecule has 0 aromatic rings.